The quantitative estimate of drug-likeness (QED) is 0.553. The van der Waals surface area contributed by atoms with Crippen molar-refractivity contribution in [3.63, 3.8) is 0 Å². The van der Waals surface area contributed by atoms with Crippen LogP contribution in [-0.4, -0.2) is 46.5 Å². The molecule has 10 heteroatoms. The SMILES string of the molecule is CC(OC(=O)c1cc(S(=O)(=O)N2CCCC2)cn1C)c1nnc(-c2ccccc2)o1. The summed E-state index contributed by atoms with van der Waals surface area (Å²) >= 11 is 0. The van der Waals surface area contributed by atoms with Crippen LogP contribution in [0.1, 0.15) is 42.2 Å². The Bertz CT molecular complexity index is 1150. The standard InChI is InChI=1S/C20H22N4O5S/c1-14(18-21-22-19(29-18)15-8-4-3-5-9-15)28-20(25)17-12-16(13-23(17)2)30(26,27)24-10-6-7-11-24/h3-5,8-9,12-14H,6-7,10-11H2,1-2H3. The number of hydrogen-bond acceptors (Lipinski definition) is 7. The number of nitrogens with zero attached hydrogens (tertiary/aromatic N) is 4. The molecule has 1 aliphatic rings. The van der Waals surface area contributed by atoms with Crippen LogP contribution in [0.15, 0.2) is 51.9 Å². The van der Waals surface area contributed by atoms with Crippen LogP contribution in [0.3, 0.4) is 0 Å². The Hall–Kier alpha value is -2.98. The third-order valence-electron chi connectivity index (χ3n) is 4.98. The lowest BCUT2D eigenvalue weighted by molar-refractivity contribution is 0.0269. The molecule has 0 saturated carbocycles. The first-order chi connectivity index (χ1) is 14.4. The number of aryl methyl sites for hydroxylation is 1. The summed E-state index contributed by atoms with van der Waals surface area (Å²) in [5.74, 6) is -0.194. The van der Waals surface area contributed by atoms with Crippen LogP contribution in [0, 0.1) is 0 Å². The van der Waals surface area contributed by atoms with Gasteiger partial charge in [-0.2, -0.15) is 4.31 Å². The van der Waals surface area contributed by atoms with Crippen molar-refractivity contribution in [2.75, 3.05) is 13.1 Å². The number of benzene rings is 1. The molecule has 3 heterocycles. The van der Waals surface area contributed by atoms with Gasteiger partial charge in [0.2, 0.25) is 15.9 Å². The maximum Gasteiger partial charge on any atom is 0.355 e. The lowest BCUT2D eigenvalue weighted by atomic mass is 10.2. The Balaban J connectivity index is 1.49. The minimum absolute atomic E-state index is 0.0793. The molecule has 0 radical (unpaired) electrons. The van der Waals surface area contributed by atoms with Crippen LogP contribution in [0.2, 0.25) is 0 Å². The van der Waals surface area contributed by atoms with E-state index in [1.54, 1.807) is 14.0 Å². The molecule has 9 nitrogen and oxygen atoms in total. The second-order valence-corrected chi connectivity index (χ2v) is 9.08. The van der Waals surface area contributed by atoms with Crippen LogP contribution in [0.5, 0.6) is 0 Å². The molecular formula is C20H22N4O5S. The third kappa shape index (κ3) is 3.88. The predicted molar refractivity (Wildman–Crippen MR) is 107 cm³/mol. The van der Waals surface area contributed by atoms with Crippen LogP contribution < -0.4 is 0 Å². The zero-order valence-electron chi connectivity index (χ0n) is 16.7. The van der Waals surface area contributed by atoms with Gasteiger partial charge in [0, 0.05) is 31.9 Å². The van der Waals surface area contributed by atoms with Gasteiger partial charge in [0.1, 0.15) is 10.6 Å². The molecule has 1 saturated heterocycles. The molecule has 1 unspecified atom stereocenters. The summed E-state index contributed by atoms with van der Waals surface area (Å²) in [6.45, 7) is 2.61. The number of hydrogen-bond donors (Lipinski definition) is 0. The number of ether oxygens (including phenoxy) is 1. The Morgan fingerprint density at radius 3 is 2.57 bits per heavy atom. The maximum atomic E-state index is 12.7. The minimum Gasteiger partial charge on any atom is -0.448 e. The number of rotatable bonds is 6. The number of carbonyl (C=O) groups is 1. The molecule has 1 aliphatic heterocycles. The van der Waals surface area contributed by atoms with Crippen molar-refractivity contribution in [2.45, 2.75) is 30.8 Å². The number of sulfonamides is 1. The Kier molecular flexibility index (Phi) is 5.44. The second-order valence-electron chi connectivity index (χ2n) is 7.14. The molecule has 0 aliphatic carbocycles. The Morgan fingerprint density at radius 1 is 1.17 bits per heavy atom. The van der Waals surface area contributed by atoms with Gasteiger partial charge in [-0.1, -0.05) is 18.2 Å². The topological polar surface area (TPSA) is 108 Å². The highest BCUT2D eigenvalue weighted by Gasteiger charge is 2.30. The smallest absolute Gasteiger partial charge is 0.355 e. The van der Waals surface area contributed by atoms with Gasteiger partial charge < -0.3 is 13.7 Å². The molecule has 1 fully saturated rings. The van der Waals surface area contributed by atoms with E-state index in [4.69, 9.17) is 9.15 Å². The second kappa shape index (κ2) is 8.04. The van der Waals surface area contributed by atoms with Crippen LogP contribution >= 0.6 is 0 Å². The van der Waals surface area contributed by atoms with Gasteiger partial charge in [0.05, 0.1) is 0 Å². The molecule has 2 aromatic heterocycles. The molecule has 1 aromatic carbocycles. The molecule has 1 atom stereocenters. The van der Waals surface area contributed by atoms with E-state index < -0.39 is 22.1 Å². The molecule has 3 aromatic rings. The zero-order chi connectivity index (χ0) is 21.3. The van der Waals surface area contributed by atoms with E-state index >= 15 is 0 Å². The first-order valence-corrected chi connectivity index (χ1v) is 11.1. The van der Waals surface area contributed by atoms with Gasteiger partial charge in [-0.05, 0) is 38.0 Å². The number of aromatic nitrogens is 3. The van der Waals surface area contributed by atoms with Crippen molar-refractivity contribution in [3.05, 3.63) is 54.2 Å². The van der Waals surface area contributed by atoms with Crippen molar-refractivity contribution < 1.29 is 22.4 Å². The first kappa shape index (κ1) is 20.3. The van der Waals surface area contributed by atoms with Gasteiger partial charge in [-0.15, -0.1) is 10.2 Å². The van der Waals surface area contributed by atoms with Gasteiger partial charge in [0.25, 0.3) is 5.89 Å². The monoisotopic (exact) mass is 430 g/mol. The van der Waals surface area contributed by atoms with E-state index in [-0.39, 0.29) is 16.5 Å². The zero-order valence-corrected chi connectivity index (χ0v) is 17.5. The normalized spacial score (nSPS) is 15.9. The van der Waals surface area contributed by atoms with Crippen molar-refractivity contribution >= 4 is 16.0 Å². The summed E-state index contributed by atoms with van der Waals surface area (Å²) in [7, 11) is -2.02. The fraction of sp³-hybridized carbons (Fsp3) is 0.350. The Labute approximate surface area is 174 Å². The molecule has 158 valence electrons. The molecule has 30 heavy (non-hydrogen) atoms. The number of esters is 1. The molecule has 0 spiro atoms. The van der Waals surface area contributed by atoms with Gasteiger partial charge in [-0.3, -0.25) is 0 Å². The highest BCUT2D eigenvalue weighted by atomic mass is 32.2. The fourth-order valence-electron chi connectivity index (χ4n) is 3.32. The summed E-state index contributed by atoms with van der Waals surface area (Å²) in [5, 5.41) is 7.94. The summed E-state index contributed by atoms with van der Waals surface area (Å²) in [6.07, 6.45) is 2.31. The van der Waals surface area contributed by atoms with Gasteiger partial charge in [0.15, 0.2) is 6.10 Å². The van der Waals surface area contributed by atoms with Crippen molar-refractivity contribution in [2.24, 2.45) is 7.05 Å². The van der Waals surface area contributed by atoms with Crippen molar-refractivity contribution in [3.8, 4) is 11.5 Å². The van der Waals surface area contributed by atoms with Crippen molar-refractivity contribution in [1.82, 2.24) is 19.1 Å². The molecule has 0 N–H and O–H groups in total. The fourth-order valence-corrected chi connectivity index (χ4v) is 4.91. The lowest BCUT2D eigenvalue weighted by Crippen LogP contribution is -2.27. The average molecular weight is 430 g/mol. The van der Waals surface area contributed by atoms with Gasteiger partial charge in [-0.25, -0.2) is 13.2 Å². The third-order valence-corrected chi connectivity index (χ3v) is 6.85. The summed E-state index contributed by atoms with van der Waals surface area (Å²) in [5.41, 5.74) is 0.886. The van der Waals surface area contributed by atoms with E-state index in [9.17, 15) is 13.2 Å². The van der Waals surface area contributed by atoms with E-state index in [0.717, 1.165) is 18.4 Å². The van der Waals surface area contributed by atoms with Crippen molar-refractivity contribution in [1.29, 1.82) is 0 Å². The highest BCUT2D eigenvalue weighted by Crippen LogP contribution is 2.25. The van der Waals surface area contributed by atoms with Gasteiger partial charge >= 0.3 is 5.97 Å². The van der Waals surface area contributed by atoms with E-state index in [1.165, 1.54) is 21.1 Å². The molecule has 0 bridgehead atoms. The molecule has 4 rings (SSSR count). The number of carbonyl (C=O) groups excluding carboxylic acids is 1. The van der Waals surface area contributed by atoms with Crippen LogP contribution in [0.25, 0.3) is 11.5 Å². The minimum atomic E-state index is -3.62. The highest BCUT2D eigenvalue weighted by molar-refractivity contribution is 7.89. The average Bonchev–Trinajstić information content (AvgIpc) is 3.49. The van der Waals surface area contributed by atoms with Crippen LogP contribution in [0.4, 0.5) is 0 Å². The summed E-state index contributed by atoms with van der Waals surface area (Å²) in [6, 6.07) is 10.6. The van der Waals surface area contributed by atoms with Crippen LogP contribution in [-0.2, 0) is 21.8 Å². The molecule has 0 amide bonds. The largest absolute Gasteiger partial charge is 0.448 e. The lowest BCUT2D eigenvalue weighted by Gasteiger charge is -2.13. The first-order valence-electron chi connectivity index (χ1n) is 9.62. The summed E-state index contributed by atoms with van der Waals surface area (Å²) < 4.78 is 39.4. The summed E-state index contributed by atoms with van der Waals surface area (Å²) in [4.78, 5) is 12.7. The maximum absolute atomic E-state index is 12.7. The predicted octanol–water partition coefficient (Wildman–Crippen LogP) is 2.78. The van der Waals surface area contributed by atoms with E-state index in [2.05, 4.69) is 10.2 Å². The Morgan fingerprint density at radius 2 is 1.87 bits per heavy atom. The van der Waals surface area contributed by atoms with E-state index in [1.807, 2.05) is 30.3 Å². The van der Waals surface area contributed by atoms with E-state index in [0.29, 0.717) is 19.0 Å². The molecular weight excluding hydrogens is 408 g/mol.